The lowest BCUT2D eigenvalue weighted by molar-refractivity contribution is -0.108. The second kappa shape index (κ2) is 11.7. The van der Waals surface area contributed by atoms with E-state index in [9.17, 15) is 0 Å². The van der Waals surface area contributed by atoms with Crippen LogP contribution < -0.4 is 0 Å². The molecule has 0 aliphatic carbocycles. The van der Waals surface area contributed by atoms with E-state index in [1.807, 2.05) is 13.0 Å². The first kappa shape index (κ1) is 24.7. The number of fused-ring (bicyclic) bond motifs is 2. The van der Waals surface area contributed by atoms with Gasteiger partial charge in [0.05, 0.1) is 6.61 Å². The Kier molecular flexibility index (Phi) is 9.64. The van der Waals surface area contributed by atoms with Gasteiger partial charge in [-0.05, 0) is 56.5 Å². The molecule has 2 heterocycles. The maximum Gasteiger partial charge on any atom is 0.147 e. The molecule has 0 saturated heterocycles. The fourth-order valence-corrected chi connectivity index (χ4v) is 4.14. The first-order chi connectivity index (χ1) is 14.2. The summed E-state index contributed by atoms with van der Waals surface area (Å²) in [4.78, 5) is 0. The Morgan fingerprint density at radius 3 is 2.73 bits per heavy atom. The Balaban J connectivity index is 2.25. The van der Waals surface area contributed by atoms with Gasteiger partial charge in [0, 0.05) is 27.0 Å². The molecule has 1 aliphatic heterocycles. The number of ether oxygens (including phenoxy) is 3. The molecule has 0 unspecified atom stereocenters. The molecule has 5 heteroatoms. The summed E-state index contributed by atoms with van der Waals surface area (Å²) < 4.78 is 24.0. The molecule has 0 radical (unpaired) electrons. The van der Waals surface area contributed by atoms with Gasteiger partial charge in [0.25, 0.3) is 0 Å². The minimum Gasteiger partial charge on any atom is -0.459 e. The second-order valence-corrected chi connectivity index (χ2v) is 15.1. The number of hydrogen-bond acceptors (Lipinski definition) is 4. The van der Waals surface area contributed by atoms with Crippen LogP contribution in [0, 0.1) is 24.7 Å². The van der Waals surface area contributed by atoms with Crippen LogP contribution in [0.5, 0.6) is 0 Å². The highest BCUT2D eigenvalue weighted by Gasteiger charge is 2.29. The van der Waals surface area contributed by atoms with Crippen molar-refractivity contribution in [2.75, 3.05) is 26.6 Å². The quantitative estimate of drug-likeness (QED) is 0.166. The van der Waals surface area contributed by atoms with Gasteiger partial charge in [0.15, 0.2) is 0 Å². The molecule has 0 aromatic carbocycles. The Morgan fingerprint density at radius 1 is 1.27 bits per heavy atom. The fraction of sp³-hybridized carbons (Fsp3) is 0.600. The first-order valence-electron chi connectivity index (χ1n) is 10.8. The van der Waals surface area contributed by atoms with Gasteiger partial charge < -0.3 is 18.6 Å². The van der Waals surface area contributed by atoms with Crippen LogP contribution in [-0.2, 0) is 14.2 Å². The molecule has 2 atom stereocenters. The van der Waals surface area contributed by atoms with E-state index in [-0.39, 0.29) is 18.8 Å². The predicted molar refractivity (Wildman–Crippen MR) is 126 cm³/mol. The summed E-state index contributed by atoms with van der Waals surface area (Å²) in [6, 6.07) is 3.18. The van der Waals surface area contributed by atoms with Crippen LogP contribution in [0.2, 0.25) is 25.7 Å². The van der Waals surface area contributed by atoms with Crippen molar-refractivity contribution in [1.29, 1.82) is 0 Å². The Hall–Kier alpha value is -1.58. The molecule has 2 bridgehead atoms. The summed E-state index contributed by atoms with van der Waals surface area (Å²) in [6.45, 7) is 19.4. The van der Waals surface area contributed by atoms with Crippen molar-refractivity contribution in [2.24, 2.45) is 5.92 Å². The summed E-state index contributed by atoms with van der Waals surface area (Å²) in [5.74, 6) is 8.10. The van der Waals surface area contributed by atoms with E-state index in [0.717, 1.165) is 53.7 Å². The first-order valence-corrected chi connectivity index (χ1v) is 14.5. The Bertz CT molecular complexity index is 788. The van der Waals surface area contributed by atoms with E-state index in [1.54, 1.807) is 0 Å². The summed E-state index contributed by atoms with van der Waals surface area (Å²) in [5.41, 5.74) is 3.24. The van der Waals surface area contributed by atoms with Crippen molar-refractivity contribution in [3.8, 4) is 11.8 Å². The number of aryl methyl sites for hydroxylation is 1. The third kappa shape index (κ3) is 8.27. The molecule has 1 aliphatic rings. The summed E-state index contributed by atoms with van der Waals surface area (Å²) in [6.07, 6.45) is 3.40. The zero-order chi connectivity index (χ0) is 22.1. The minimum atomic E-state index is -1.12. The van der Waals surface area contributed by atoms with Crippen molar-refractivity contribution in [1.82, 2.24) is 0 Å². The van der Waals surface area contributed by atoms with Crippen LogP contribution in [-0.4, -0.2) is 34.7 Å². The molecular formula is C25H38O4Si. The molecule has 30 heavy (non-hydrogen) atoms. The van der Waals surface area contributed by atoms with E-state index < -0.39 is 8.07 Å². The van der Waals surface area contributed by atoms with Crippen LogP contribution in [0.15, 0.2) is 28.2 Å². The van der Waals surface area contributed by atoms with Crippen LogP contribution in [0.3, 0.4) is 0 Å². The predicted octanol–water partition coefficient (Wildman–Crippen LogP) is 6.37. The summed E-state index contributed by atoms with van der Waals surface area (Å²) in [5, 5.41) is 0. The number of furan rings is 1. The molecular weight excluding hydrogens is 392 g/mol. The molecule has 0 spiro atoms. The number of rotatable bonds is 7. The van der Waals surface area contributed by atoms with Gasteiger partial charge in [-0.15, -0.1) is 5.92 Å². The molecule has 1 aromatic rings. The van der Waals surface area contributed by atoms with Gasteiger partial charge in [0.1, 0.15) is 31.0 Å². The average molecular weight is 431 g/mol. The van der Waals surface area contributed by atoms with Crippen LogP contribution >= 0.6 is 0 Å². The summed E-state index contributed by atoms with van der Waals surface area (Å²) in [7, 11) is -1.12. The molecule has 0 fully saturated rings. The van der Waals surface area contributed by atoms with Gasteiger partial charge in [-0.2, -0.15) is 0 Å². The van der Waals surface area contributed by atoms with Gasteiger partial charge >= 0.3 is 0 Å². The molecule has 2 rings (SSSR count). The summed E-state index contributed by atoms with van der Waals surface area (Å²) >= 11 is 0. The van der Waals surface area contributed by atoms with Gasteiger partial charge in [-0.3, -0.25) is 0 Å². The second-order valence-electron chi connectivity index (χ2n) is 9.45. The molecule has 0 amide bonds. The van der Waals surface area contributed by atoms with Gasteiger partial charge in [-0.1, -0.05) is 37.7 Å². The third-order valence-electron chi connectivity index (χ3n) is 5.16. The lowest BCUT2D eigenvalue weighted by Crippen LogP contribution is -2.23. The normalized spacial score (nSPS) is 22.4. The van der Waals surface area contributed by atoms with Crippen molar-refractivity contribution < 1.29 is 18.6 Å². The van der Waals surface area contributed by atoms with Crippen molar-refractivity contribution >= 4 is 14.1 Å². The number of hydrogen-bond donors (Lipinski definition) is 0. The monoisotopic (exact) mass is 430 g/mol. The third-order valence-corrected chi connectivity index (χ3v) is 6.86. The lowest BCUT2D eigenvalue weighted by Gasteiger charge is -2.27. The molecule has 166 valence electrons. The van der Waals surface area contributed by atoms with Crippen molar-refractivity contribution in [3.05, 3.63) is 40.9 Å². The molecule has 0 N–H and O–H groups in total. The van der Waals surface area contributed by atoms with E-state index in [4.69, 9.17) is 18.6 Å². The molecule has 4 nitrogen and oxygen atoms in total. The van der Waals surface area contributed by atoms with E-state index in [2.05, 4.69) is 58.0 Å². The smallest absolute Gasteiger partial charge is 0.147 e. The maximum atomic E-state index is 6.28. The zero-order valence-electron chi connectivity index (χ0n) is 19.6. The van der Waals surface area contributed by atoms with Crippen LogP contribution in [0.4, 0.5) is 0 Å². The minimum absolute atomic E-state index is 0.103. The van der Waals surface area contributed by atoms with Crippen LogP contribution in [0.25, 0.3) is 6.08 Å². The zero-order valence-corrected chi connectivity index (χ0v) is 20.6. The van der Waals surface area contributed by atoms with E-state index in [0.29, 0.717) is 13.2 Å². The van der Waals surface area contributed by atoms with E-state index >= 15 is 0 Å². The average Bonchev–Trinajstić information content (AvgIpc) is 2.99. The lowest BCUT2D eigenvalue weighted by atomic mass is 9.88. The SMILES string of the molecule is C=C(C)[C@@H]1CCC#CCOC/C(C)=C\c2cc(C)c(o2)[C@@H]1OCOCC[Si](C)(C)C. The van der Waals surface area contributed by atoms with Gasteiger partial charge in [-0.25, -0.2) is 0 Å². The van der Waals surface area contributed by atoms with Crippen LogP contribution in [0.1, 0.15) is 49.9 Å². The fourth-order valence-electron chi connectivity index (χ4n) is 3.38. The van der Waals surface area contributed by atoms with E-state index in [1.165, 1.54) is 0 Å². The highest BCUT2D eigenvalue weighted by molar-refractivity contribution is 6.76. The highest BCUT2D eigenvalue weighted by atomic mass is 28.3. The van der Waals surface area contributed by atoms with Crippen molar-refractivity contribution in [2.45, 2.75) is 65.4 Å². The maximum absolute atomic E-state index is 6.28. The highest BCUT2D eigenvalue weighted by Crippen LogP contribution is 2.37. The Labute approximate surface area is 183 Å². The van der Waals surface area contributed by atoms with Gasteiger partial charge in [0.2, 0.25) is 0 Å². The Morgan fingerprint density at radius 2 is 2.03 bits per heavy atom. The van der Waals surface area contributed by atoms with Crippen molar-refractivity contribution in [3.63, 3.8) is 0 Å². The molecule has 0 saturated carbocycles. The topological polar surface area (TPSA) is 40.8 Å². The standard InChI is InChI=1S/C25H38O4Si/c1-19(2)23-11-9-8-10-12-26-17-20(3)15-22-16-21(4)24(29-22)25(23)28-18-27-13-14-30(5,6)7/h15-16,23,25H,1,9,11-14,17-18H2,2-7H3/b20-15-/t23-,25+/m0/s1. The largest absolute Gasteiger partial charge is 0.459 e. The molecule has 1 aromatic heterocycles.